The number of carbonyl (C=O) groups is 2. The number of nitrogens with one attached hydrogen (secondary N) is 2. The Morgan fingerprint density at radius 3 is 2.96 bits per heavy atom. The predicted octanol–water partition coefficient (Wildman–Crippen LogP) is 2.63. The summed E-state index contributed by atoms with van der Waals surface area (Å²) in [6.07, 6.45) is 3.61. The number of hydrogen-bond acceptors (Lipinski definition) is 4. The van der Waals surface area contributed by atoms with E-state index in [0.29, 0.717) is 35.5 Å². The summed E-state index contributed by atoms with van der Waals surface area (Å²) in [6.45, 7) is 3.14. The standard InChI is InChI=1S/C19H26ClN3O3.ClH/c1-26-17-5-4-15(20)10-16(17)23-12-14(9-18(23)24)19(25)22-8-6-13-3-2-7-21-11-13;/h4-5,10,13-14,21H,2-3,6-9,11-12H2,1H3,(H,22,25);1H. The molecule has 1 aromatic rings. The third kappa shape index (κ3) is 5.50. The van der Waals surface area contributed by atoms with Gasteiger partial charge >= 0.3 is 0 Å². The first-order chi connectivity index (χ1) is 12.6. The summed E-state index contributed by atoms with van der Waals surface area (Å²) >= 11 is 6.06. The summed E-state index contributed by atoms with van der Waals surface area (Å²) in [5, 5.41) is 6.92. The SMILES string of the molecule is COc1ccc(Cl)cc1N1CC(C(=O)NCCC2CCCNC2)CC1=O.Cl. The fraction of sp³-hybridized carbons (Fsp3) is 0.579. The molecule has 2 saturated heterocycles. The van der Waals surface area contributed by atoms with E-state index in [1.165, 1.54) is 12.8 Å². The topological polar surface area (TPSA) is 70.7 Å². The first-order valence-electron chi connectivity index (χ1n) is 9.21. The lowest BCUT2D eigenvalue weighted by Crippen LogP contribution is -2.36. The molecule has 150 valence electrons. The molecule has 8 heteroatoms. The molecular weight excluding hydrogens is 389 g/mol. The zero-order valence-electron chi connectivity index (χ0n) is 15.5. The number of carbonyl (C=O) groups excluding carboxylic acids is 2. The maximum absolute atomic E-state index is 12.5. The van der Waals surface area contributed by atoms with Gasteiger partial charge in [0.1, 0.15) is 5.75 Å². The van der Waals surface area contributed by atoms with Crippen LogP contribution in [0.4, 0.5) is 5.69 Å². The molecule has 0 spiro atoms. The van der Waals surface area contributed by atoms with E-state index in [9.17, 15) is 9.59 Å². The first kappa shape index (κ1) is 21.8. The molecule has 0 aromatic heterocycles. The highest BCUT2D eigenvalue weighted by Crippen LogP contribution is 2.35. The number of methoxy groups -OCH3 is 1. The van der Waals surface area contributed by atoms with Crippen LogP contribution < -0.4 is 20.3 Å². The minimum Gasteiger partial charge on any atom is -0.495 e. The number of amides is 2. The summed E-state index contributed by atoms with van der Waals surface area (Å²) in [7, 11) is 1.55. The minimum atomic E-state index is -0.337. The summed E-state index contributed by atoms with van der Waals surface area (Å²) in [4.78, 5) is 26.5. The minimum absolute atomic E-state index is 0. The van der Waals surface area contributed by atoms with Crippen molar-refractivity contribution in [2.24, 2.45) is 11.8 Å². The van der Waals surface area contributed by atoms with Crippen LogP contribution in [0.1, 0.15) is 25.7 Å². The molecule has 3 rings (SSSR count). The Morgan fingerprint density at radius 1 is 1.44 bits per heavy atom. The average Bonchev–Trinajstić information content (AvgIpc) is 3.04. The van der Waals surface area contributed by atoms with E-state index in [4.69, 9.17) is 16.3 Å². The average molecular weight is 416 g/mol. The molecule has 2 atom stereocenters. The van der Waals surface area contributed by atoms with Crippen LogP contribution in [0, 0.1) is 11.8 Å². The number of nitrogens with zero attached hydrogens (tertiary/aromatic N) is 1. The summed E-state index contributed by atoms with van der Waals surface area (Å²) in [5.41, 5.74) is 0.619. The molecule has 2 fully saturated rings. The highest BCUT2D eigenvalue weighted by molar-refractivity contribution is 6.31. The highest BCUT2D eigenvalue weighted by atomic mass is 35.5. The molecular formula is C19H27Cl2N3O3. The summed E-state index contributed by atoms with van der Waals surface area (Å²) < 4.78 is 5.33. The van der Waals surface area contributed by atoms with E-state index >= 15 is 0 Å². The fourth-order valence-electron chi connectivity index (χ4n) is 3.70. The molecule has 0 radical (unpaired) electrons. The molecule has 2 heterocycles. The van der Waals surface area contributed by atoms with Crippen LogP contribution in [0.25, 0.3) is 0 Å². The van der Waals surface area contributed by atoms with E-state index < -0.39 is 0 Å². The Hall–Kier alpha value is -1.50. The molecule has 2 aliphatic rings. The molecule has 2 N–H and O–H groups in total. The number of benzene rings is 1. The number of rotatable bonds is 6. The Labute approximate surface area is 171 Å². The second kappa shape index (κ2) is 10.2. The van der Waals surface area contributed by atoms with Gasteiger partial charge in [-0.2, -0.15) is 0 Å². The number of piperidine rings is 1. The van der Waals surface area contributed by atoms with E-state index in [-0.39, 0.29) is 36.6 Å². The zero-order chi connectivity index (χ0) is 18.5. The van der Waals surface area contributed by atoms with Gasteiger partial charge in [-0.3, -0.25) is 9.59 Å². The van der Waals surface area contributed by atoms with E-state index in [1.807, 2.05) is 0 Å². The van der Waals surface area contributed by atoms with Crippen LogP contribution in [0.3, 0.4) is 0 Å². The second-order valence-electron chi connectivity index (χ2n) is 7.01. The number of halogens is 2. The Bertz CT molecular complexity index is 666. The monoisotopic (exact) mass is 415 g/mol. The van der Waals surface area contributed by atoms with Crippen molar-refractivity contribution < 1.29 is 14.3 Å². The van der Waals surface area contributed by atoms with Crippen molar-refractivity contribution in [1.29, 1.82) is 0 Å². The maximum atomic E-state index is 12.5. The van der Waals surface area contributed by atoms with E-state index in [2.05, 4.69) is 10.6 Å². The van der Waals surface area contributed by atoms with Crippen molar-refractivity contribution in [1.82, 2.24) is 10.6 Å². The molecule has 2 aliphatic heterocycles. The van der Waals surface area contributed by atoms with Crippen molar-refractivity contribution in [2.75, 3.05) is 38.2 Å². The van der Waals surface area contributed by atoms with Crippen molar-refractivity contribution in [3.8, 4) is 5.75 Å². The lowest BCUT2D eigenvalue weighted by Gasteiger charge is -2.23. The number of hydrogen-bond donors (Lipinski definition) is 2. The lowest BCUT2D eigenvalue weighted by molar-refractivity contribution is -0.126. The van der Waals surface area contributed by atoms with Crippen LogP contribution in [-0.2, 0) is 9.59 Å². The quantitative estimate of drug-likeness (QED) is 0.748. The Kier molecular flexibility index (Phi) is 8.20. The molecule has 6 nitrogen and oxygen atoms in total. The van der Waals surface area contributed by atoms with Crippen molar-refractivity contribution >= 4 is 41.5 Å². The number of ether oxygens (including phenoxy) is 1. The maximum Gasteiger partial charge on any atom is 0.227 e. The third-order valence-electron chi connectivity index (χ3n) is 5.18. The Balaban J connectivity index is 0.00000261. The largest absolute Gasteiger partial charge is 0.495 e. The third-order valence-corrected chi connectivity index (χ3v) is 5.41. The Morgan fingerprint density at radius 2 is 2.26 bits per heavy atom. The smallest absolute Gasteiger partial charge is 0.227 e. The van der Waals surface area contributed by atoms with E-state index in [1.54, 1.807) is 30.2 Å². The fourth-order valence-corrected chi connectivity index (χ4v) is 3.87. The van der Waals surface area contributed by atoms with Crippen LogP contribution in [0.2, 0.25) is 5.02 Å². The van der Waals surface area contributed by atoms with E-state index in [0.717, 1.165) is 19.5 Å². The molecule has 0 bridgehead atoms. The normalized spacial score (nSPS) is 22.3. The lowest BCUT2D eigenvalue weighted by atomic mass is 9.96. The summed E-state index contributed by atoms with van der Waals surface area (Å²) in [6, 6.07) is 5.15. The molecule has 2 unspecified atom stereocenters. The van der Waals surface area contributed by atoms with Gasteiger partial charge in [0.25, 0.3) is 0 Å². The van der Waals surface area contributed by atoms with Crippen LogP contribution in [0.5, 0.6) is 5.75 Å². The van der Waals surface area contributed by atoms with Gasteiger partial charge in [-0.15, -0.1) is 12.4 Å². The van der Waals surface area contributed by atoms with Crippen molar-refractivity contribution in [3.05, 3.63) is 23.2 Å². The van der Waals surface area contributed by atoms with Gasteiger partial charge in [0.2, 0.25) is 11.8 Å². The second-order valence-corrected chi connectivity index (χ2v) is 7.45. The molecule has 0 saturated carbocycles. The van der Waals surface area contributed by atoms with Gasteiger partial charge in [0.15, 0.2) is 0 Å². The van der Waals surface area contributed by atoms with Gasteiger partial charge in [0, 0.05) is 24.5 Å². The van der Waals surface area contributed by atoms with Crippen LogP contribution in [-0.4, -0.2) is 45.1 Å². The highest BCUT2D eigenvalue weighted by Gasteiger charge is 2.36. The van der Waals surface area contributed by atoms with Gasteiger partial charge in [0.05, 0.1) is 18.7 Å². The molecule has 1 aromatic carbocycles. The van der Waals surface area contributed by atoms with Gasteiger partial charge < -0.3 is 20.3 Å². The van der Waals surface area contributed by atoms with Gasteiger partial charge in [-0.05, 0) is 56.5 Å². The van der Waals surface area contributed by atoms with Crippen molar-refractivity contribution in [3.63, 3.8) is 0 Å². The van der Waals surface area contributed by atoms with Crippen LogP contribution in [0.15, 0.2) is 18.2 Å². The van der Waals surface area contributed by atoms with Gasteiger partial charge in [-0.25, -0.2) is 0 Å². The first-order valence-corrected chi connectivity index (χ1v) is 9.58. The van der Waals surface area contributed by atoms with Crippen molar-refractivity contribution in [2.45, 2.75) is 25.7 Å². The van der Waals surface area contributed by atoms with Gasteiger partial charge in [-0.1, -0.05) is 11.6 Å². The molecule has 2 amide bonds. The van der Waals surface area contributed by atoms with Crippen LogP contribution >= 0.6 is 24.0 Å². The summed E-state index contributed by atoms with van der Waals surface area (Å²) in [5.74, 6) is 0.735. The predicted molar refractivity (Wildman–Crippen MR) is 109 cm³/mol. The molecule has 0 aliphatic carbocycles. The molecule has 27 heavy (non-hydrogen) atoms. The number of anilines is 1. The zero-order valence-corrected chi connectivity index (χ0v) is 17.1.